The van der Waals surface area contributed by atoms with Crippen LogP contribution in [0.1, 0.15) is 22.3 Å². The normalized spacial score (nSPS) is 12.8. The van der Waals surface area contributed by atoms with E-state index in [-0.39, 0.29) is 5.96 Å². The molecule has 36 heavy (non-hydrogen) atoms. The van der Waals surface area contributed by atoms with E-state index >= 15 is 0 Å². The molecule has 0 heterocycles. The lowest BCUT2D eigenvalue weighted by Crippen LogP contribution is -2.26. The van der Waals surface area contributed by atoms with Crippen molar-refractivity contribution in [3.8, 4) is 0 Å². The van der Waals surface area contributed by atoms with Crippen molar-refractivity contribution in [1.29, 1.82) is 0 Å². The van der Waals surface area contributed by atoms with E-state index in [2.05, 4.69) is 32.9 Å². The van der Waals surface area contributed by atoms with Crippen LogP contribution in [0, 0.1) is 0 Å². The van der Waals surface area contributed by atoms with Gasteiger partial charge in [0.2, 0.25) is 5.96 Å². The third kappa shape index (κ3) is 7.50. The van der Waals surface area contributed by atoms with Crippen LogP contribution < -0.4 is 11.2 Å². The van der Waals surface area contributed by atoms with Gasteiger partial charge in [-0.15, -0.1) is 5.10 Å². The third-order valence-electron chi connectivity index (χ3n) is 5.20. The fourth-order valence-corrected chi connectivity index (χ4v) is 3.45. The molecule has 0 fully saturated rings. The number of hydrazone groups is 1. The maximum absolute atomic E-state index is 6.00. The van der Waals surface area contributed by atoms with Crippen molar-refractivity contribution < 1.29 is 0 Å². The number of rotatable bonds is 8. The lowest BCUT2D eigenvalue weighted by Gasteiger charge is -2.04. The van der Waals surface area contributed by atoms with Crippen LogP contribution in [0.25, 0.3) is 23.3 Å². The van der Waals surface area contributed by atoms with Crippen molar-refractivity contribution in [2.45, 2.75) is 0 Å². The molecule has 0 aliphatic rings. The summed E-state index contributed by atoms with van der Waals surface area (Å²) < 4.78 is 0. The van der Waals surface area contributed by atoms with Gasteiger partial charge in [-0.25, -0.2) is 5.43 Å². The minimum atomic E-state index is 0.0849. The average molecular weight is 470 g/mol. The lowest BCUT2D eigenvalue weighted by atomic mass is 10.0. The summed E-state index contributed by atoms with van der Waals surface area (Å²) in [5, 5.41) is 12.5. The molecule has 0 bridgehead atoms. The molecule has 0 aromatic heterocycles. The Hall–Kier alpha value is -5.03. The summed E-state index contributed by atoms with van der Waals surface area (Å²) in [5.41, 5.74) is 14.8. The summed E-state index contributed by atoms with van der Waals surface area (Å²) in [4.78, 5) is 0. The fourth-order valence-electron chi connectivity index (χ4n) is 3.45. The molecule has 0 amide bonds. The number of hydrogen-bond acceptors (Lipinski definition) is 3. The molecule has 0 spiro atoms. The summed E-state index contributed by atoms with van der Waals surface area (Å²) in [7, 11) is 0. The van der Waals surface area contributed by atoms with Crippen LogP contribution in [0.2, 0.25) is 0 Å². The van der Waals surface area contributed by atoms with Gasteiger partial charge in [0, 0.05) is 11.1 Å². The highest BCUT2D eigenvalue weighted by atomic mass is 15.4. The lowest BCUT2D eigenvalue weighted by molar-refractivity contribution is 0.996. The van der Waals surface area contributed by atoms with E-state index in [0.717, 1.165) is 33.4 Å². The molecule has 5 heteroatoms. The van der Waals surface area contributed by atoms with Gasteiger partial charge in [-0.3, -0.25) is 0 Å². The Labute approximate surface area is 211 Å². The van der Waals surface area contributed by atoms with E-state index in [1.807, 2.05) is 121 Å². The molecule has 0 saturated heterocycles. The highest BCUT2D eigenvalue weighted by Gasteiger charge is 2.00. The van der Waals surface area contributed by atoms with Crippen LogP contribution in [-0.2, 0) is 0 Å². The molecule has 0 atom stereocenters. The van der Waals surface area contributed by atoms with Gasteiger partial charge in [0.1, 0.15) is 0 Å². The van der Waals surface area contributed by atoms with Crippen molar-refractivity contribution in [3.63, 3.8) is 0 Å². The predicted octanol–water partition coefficient (Wildman–Crippen LogP) is 6.34. The van der Waals surface area contributed by atoms with Crippen LogP contribution >= 0.6 is 0 Å². The van der Waals surface area contributed by atoms with Gasteiger partial charge in [-0.1, -0.05) is 121 Å². The van der Waals surface area contributed by atoms with E-state index in [1.54, 1.807) is 12.4 Å². The van der Waals surface area contributed by atoms with Gasteiger partial charge in [-0.2, -0.15) is 10.2 Å². The Balaban J connectivity index is 1.49. The number of nitrogens with two attached hydrogens (primary N) is 1. The number of hydrogen-bond donors (Lipinski definition) is 2. The second kappa shape index (κ2) is 13.0. The molecule has 3 N–H and O–H groups in total. The molecule has 0 unspecified atom stereocenters. The summed E-state index contributed by atoms with van der Waals surface area (Å²) in [6.45, 7) is 0. The van der Waals surface area contributed by atoms with Crippen LogP contribution in [-0.4, -0.2) is 18.4 Å². The predicted molar refractivity (Wildman–Crippen MR) is 153 cm³/mol. The maximum Gasteiger partial charge on any atom is 0.234 e. The topological polar surface area (TPSA) is 75.1 Å². The Morgan fingerprint density at radius 1 is 0.556 bits per heavy atom. The highest BCUT2D eigenvalue weighted by molar-refractivity contribution is 6.16. The van der Waals surface area contributed by atoms with Crippen molar-refractivity contribution in [3.05, 3.63) is 144 Å². The second-order valence-corrected chi connectivity index (χ2v) is 7.85. The van der Waals surface area contributed by atoms with Crippen LogP contribution in [0.3, 0.4) is 0 Å². The maximum atomic E-state index is 6.00. The van der Waals surface area contributed by atoms with E-state index in [0.29, 0.717) is 0 Å². The summed E-state index contributed by atoms with van der Waals surface area (Å²) >= 11 is 0. The average Bonchev–Trinajstić information content (AvgIpc) is 2.94. The Kier molecular flexibility index (Phi) is 8.71. The SMILES string of the molecule is N\C(=N/N=C/C(=C/c1ccccc1)c1ccccc1)N/N=C/C(=C/c1ccccc1)c1ccccc1. The van der Waals surface area contributed by atoms with Crippen LogP contribution in [0.5, 0.6) is 0 Å². The minimum Gasteiger partial charge on any atom is -0.367 e. The molecule has 4 aromatic carbocycles. The van der Waals surface area contributed by atoms with Gasteiger partial charge >= 0.3 is 0 Å². The molecule has 4 rings (SSSR count). The Morgan fingerprint density at radius 2 is 0.972 bits per heavy atom. The quantitative estimate of drug-likeness (QED) is 0.137. The third-order valence-corrected chi connectivity index (χ3v) is 5.20. The first kappa shape index (κ1) is 24.1. The number of allylic oxidation sites excluding steroid dienone is 2. The first-order valence-electron chi connectivity index (χ1n) is 11.6. The molecule has 0 radical (unpaired) electrons. The van der Waals surface area contributed by atoms with Gasteiger partial charge in [-0.05, 0) is 34.4 Å². The van der Waals surface area contributed by atoms with Gasteiger partial charge in [0.25, 0.3) is 0 Å². The second-order valence-electron chi connectivity index (χ2n) is 7.85. The van der Waals surface area contributed by atoms with Crippen molar-refractivity contribution in [2.24, 2.45) is 21.0 Å². The monoisotopic (exact) mass is 469 g/mol. The zero-order chi connectivity index (χ0) is 24.8. The first-order valence-corrected chi connectivity index (χ1v) is 11.6. The summed E-state index contributed by atoms with van der Waals surface area (Å²) in [6, 6.07) is 40.2. The van der Waals surface area contributed by atoms with E-state index in [4.69, 9.17) is 5.73 Å². The van der Waals surface area contributed by atoms with Crippen molar-refractivity contribution in [2.75, 3.05) is 0 Å². The molecule has 176 valence electrons. The molecule has 0 aliphatic heterocycles. The number of nitrogens with zero attached hydrogens (tertiary/aromatic N) is 3. The standard InChI is InChI=1S/C31H27N5/c32-31(35-33-23-29(27-17-9-3-10-18-27)21-25-13-5-1-6-14-25)36-34-24-30(28-19-11-4-12-20-28)22-26-15-7-2-8-16-26/h1-24H,(H3,32,35,36)/b29-21-,30-22-,33-23+,34-24+. The van der Waals surface area contributed by atoms with Crippen molar-refractivity contribution in [1.82, 2.24) is 5.43 Å². The Morgan fingerprint density at radius 3 is 1.44 bits per heavy atom. The van der Waals surface area contributed by atoms with Crippen molar-refractivity contribution >= 4 is 41.7 Å². The summed E-state index contributed by atoms with van der Waals surface area (Å²) in [5.74, 6) is 0.0849. The Bertz CT molecular complexity index is 1370. The van der Waals surface area contributed by atoms with E-state index in [1.165, 1.54) is 0 Å². The van der Waals surface area contributed by atoms with E-state index < -0.39 is 0 Å². The molecule has 0 aliphatic carbocycles. The highest BCUT2D eigenvalue weighted by Crippen LogP contribution is 2.17. The number of guanidine groups is 1. The molecular weight excluding hydrogens is 442 g/mol. The molecule has 5 nitrogen and oxygen atoms in total. The van der Waals surface area contributed by atoms with Crippen LogP contribution in [0.4, 0.5) is 0 Å². The fraction of sp³-hybridized carbons (Fsp3) is 0. The van der Waals surface area contributed by atoms with E-state index in [9.17, 15) is 0 Å². The smallest absolute Gasteiger partial charge is 0.234 e. The number of benzene rings is 4. The zero-order valence-corrected chi connectivity index (χ0v) is 19.8. The molecule has 4 aromatic rings. The first-order chi connectivity index (χ1) is 17.8. The molecular formula is C31H27N5. The molecule has 0 saturated carbocycles. The van der Waals surface area contributed by atoms with Gasteiger partial charge in [0.15, 0.2) is 0 Å². The minimum absolute atomic E-state index is 0.0849. The summed E-state index contributed by atoms with van der Waals surface area (Å²) in [6.07, 6.45) is 7.52. The van der Waals surface area contributed by atoms with Gasteiger partial charge < -0.3 is 5.73 Å². The zero-order valence-electron chi connectivity index (χ0n) is 19.8. The largest absolute Gasteiger partial charge is 0.367 e. The number of nitrogens with one attached hydrogen (secondary N) is 1. The van der Waals surface area contributed by atoms with Crippen LogP contribution in [0.15, 0.2) is 137 Å². The van der Waals surface area contributed by atoms with Gasteiger partial charge in [0.05, 0.1) is 12.4 Å².